The lowest BCUT2D eigenvalue weighted by Crippen LogP contribution is -2.34. The quantitative estimate of drug-likeness (QED) is 0.173. The number of unbranched alkanes of at least 4 members (excludes halogenated alkanes) is 1. The molecule has 0 saturated carbocycles. The molecule has 0 fully saturated rings. The van der Waals surface area contributed by atoms with Crippen LogP contribution >= 0.6 is 23.2 Å². The van der Waals surface area contributed by atoms with Crippen LogP contribution in [0.1, 0.15) is 50.4 Å². The van der Waals surface area contributed by atoms with E-state index >= 15 is 0 Å². The number of carbonyl (C=O) groups excluding carboxylic acids is 1. The van der Waals surface area contributed by atoms with E-state index < -0.39 is 0 Å². The highest BCUT2D eigenvalue weighted by atomic mass is 35.5. The normalized spacial score (nSPS) is 13.4. The van der Waals surface area contributed by atoms with Gasteiger partial charge in [0.2, 0.25) is 0 Å². The van der Waals surface area contributed by atoms with E-state index in [0.29, 0.717) is 28.8 Å². The molecule has 0 spiro atoms. The zero-order valence-corrected chi connectivity index (χ0v) is 23.1. The molecule has 1 rings (SSSR count). The molecular formula is C27H41Cl2N3O2. The number of carbonyl (C=O) groups is 1. The third kappa shape index (κ3) is 11.6. The summed E-state index contributed by atoms with van der Waals surface area (Å²) in [6.45, 7) is 13.7. The third-order valence-electron chi connectivity index (χ3n) is 5.68. The molecule has 0 aromatic heterocycles. The second-order valence-electron chi connectivity index (χ2n) is 8.83. The molecule has 1 aromatic rings. The van der Waals surface area contributed by atoms with Crippen LogP contribution in [0.15, 0.2) is 53.8 Å². The van der Waals surface area contributed by atoms with Crippen molar-refractivity contribution < 1.29 is 9.53 Å². The zero-order valence-electron chi connectivity index (χ0n) is 21.6. The average molecular weight is 511 g/mol. The lowest BCUT2D eigenvalue weighted by molar-refractivity contribution is 0.0951. The van der Waals surface area contributed by atoms with E-state index in [0.717, 1.165) is 49.3 Å². The fraction of sp³-hybridized carbons (Fsp3) is 0.519. The zero-order chi connectivity index (χ0) is 25.7. The van der Waals surface area contributed by atoms with Gasteiger partial charge in [-0.15, -0.1) is 0 Å². The molecule has 1 atom stereocenters. The molecule has 0 aliphatic rings. The summed E-state index contributed by atoms with van der Waals surface area (Å²) in [6.07, 6.45) is 7.02. The topological polar surface area (TPSA) is 44.8 Å². The molecule has 0 bridgehead atoms. The summed E-state index contributed by atoms with van der Waals surface area (Å²) in [4.78, 5) is 16.7. The Bertz CT molecular complexity index is 845. The number of hydrogen-bond acceptors (Lipinski definition) is 4. The van der Waals surface area contributed by atoms with Crippen LogP contribution in [0.5, 0.6) is 0 Å². The molecule has 0 radical (unpaired) electrons. The van der Waals surface area contributed by atoms with Crippen molar-refractivity contribution in [2.45, 2.75) is 46.1 Å². The Morgan fingerprint density at radius 1 is 1.12 bits per heavy atom. The molecule has 5 nitrogen and oxygen atoms in total. The minimum absolute atomic E-state index is 0.164. The lowest BCUT2D eigenvalue weighted by Gasteiger charge is -2.27. The SMILES string of the molecule is C=C(/C(C)=C\C(=C/C)OCCCCN(C)C)C(C)N(C)CCCNC(=O)c1cc(Cl)cc(Cl)c1. The molecular weight excluding hydrogens is 469 g/mol. The van der Waals surface area contributed by atoms with Crippen LogP contribution in [0.25, 0.3) is 0 Å². The summed E-state index contributed by atoms with van der Waals surface area (Å²) in [5.74, 6) is 0.700. The highest BCUT2D eigenvalue weighted by Gasteiger charge is 2.14. The molecule has 7 heteroatoms. The standard InChI is InChI=1S/C27H41Cl2N3O2/c1-8-26(34-15-10-9-13-31(5)6)16-20(2)21(3)22(4)32(7)14-11-12-30-27(33)23-17-24(28)19-25(29)18-23/h8,16-19,22H,3,9-15H2,1-2,4-7H3,(H,30,33)/b20-16-,26-8+. The molecule has 1 amide bonds. The van der Waals surface area contributed by atoms with Crippen molar-refractivity contribution in [3.05, 3.63) is 69.4 Å². The van der Waals surface area contributed by atoms with Crippen LogP contribution in [0, 0.1) is 0 Å². The van der Waals surface area contributed by atoms with Crippen molar-refractivity contribution in [3.8, 4) is 0 Å². The number of ether oxygens (including phenoxy) is 1. The van der Waals surface area contributed by atoms with Crippen LogP contribution in [-0.2, 0) is 4.74 Å². The predicted molar refractivity (Wildman–Crippen MR) is 146 cm³/mol. The summed E-state index contributed by atoms with van der Waals surface area (Å²) >= 11 is 12.0. The maximum Gasteiger partial charge on any atom is 0.251 e. The number of hydrogen-bond donors (Lipinski definition) is 1. The van der Waals surface area contributed by atoms with Crippen LogP contribution in [-0.4, -0.2) is 69.1 Å². The van der Waals surface area contributed by atoms with Gasteiger partial charge in [0, 0.05) is 34.7 Å². The van der Waals surface area contributed by atoms with Gasteiger partial charge in [-0.2, -0.15) is 0 Å². The number of nitrogens with zero attached hydrogens (tertiary/aromatic N) is 2. The second-order valence-corrected chi connectivity index (χ2v) is 9.70. The van der Waals surface area contributed by atoms with Gasteiger partial charge in [-0.25, -0.2) is 0 Å². The van der Waals surface area contributed by atoms with Gasteiger partial charge in [-0.3, -0.25) is 9.69 Å². The predicted octanol–water partition coefficient (Wildman–Crippen LogP) is 6.20. The van der Waals surface area contributed by atoms with Gasteiger partial charge < -0.3 is 15.0 Å². The Morgan fingerprint density at radius 3 is 2.35 bits per heavy atom. The molecule has 1 unspecified atom stereocenters. The minimum Gasteiger partial charge on any atom is -0.494 e. The van der Waals surface area contributed by atoms with E-state index in [9.17, 15) is 4.79 Å². The number of allylic oxidation sites excluding steroid dienone is 2. The summed E-state index contributed by atoms with van der Waals surface area (Å²) < 4.78 is 5.94. The Hall–Kier alpha value is -1.79. The van der Waals surface area contributed by atoms with Crippen LogP contribution in [0.2, 0.25) is 10.0 Å². The van der Waals surface area contributed by atoms with Gasteiger partial charge >= 0.3 is 0 Å². The highest BCUT2D eigenvalue weighted by molar-refractivity contribution is 6.35. The fourth-order valence-corrected chi connectivity index (χ4v) is 3.87. The smallest absolute Gasteiger partial charge is 0.251 e. The van der Waals surface area contributed by atoms with Gasteiger partial charge in [0.25, 0.3) is 5.91 Å². The molecule has 34 heavy (non-hydrogen) atoms. The van der Waals surface area contributed by atoms with Crippen LogP contribution in [0.3, 0.4) is 0 Å². The number of nitrogens with one attached hydrogen (secondary N) is 1. The van der Waals surface area contributed by atoms with Gasteiger partial charge in [-0.05, 0) is 109 Å². The summed E-state index contributed by atoms with van der Waals surface area (Å²) in [6, 6.07) is 5.00. The third-order valence-corrected chi connectivity index (χ3v) is 6.12. The van der Waals surface area contributed by atoms with E-state index in [1.165, 1.54) is 0 Å². The van der Waals surface area contributed by atoms with E-state index in [2.05, 4.69) is 62.8 Å². The molecule has 0 aliphatic carbocycles. The van der Waals surface area contributed by atoms with Gasteiger partial charge in [-0.1, -0.05) is 29.8 Å². The number of likely N-dealkylation sites (N-methyl/N-ethyl adjacent to an activating group) is 1. The monoisotopic (exact) mass is 509 g/mol. The number of rotatable bonds is 15. The second kappa shape index (κ2) is 16.0. The Labute approximate surface area is 216 Å². The molecule has 1 aromatic carbocycles. The van der Waals surface area contributed by atoms with Crippen LogP contribution < -0.4 is 5.32 Å². The highest BCUT2D eigenvalue weighted by Crippen LogP contribution is 2.20. The van der Waals surface area contributed by atoms with E-state index in [1.54, 1.807) is 18.2 Å². The van der Waals surface area contributed by atoms with Crippen LogP contribution in [0.4, 0.5) is 0 Å². The molecule has 190 valence electrons. The van der Waals surface area contributed by atoms with Crippen molar-refractivity contribution in [1.82, 2.24) is 15.1 Å². The van der Waals surface area contributed by atoms with Crippen molar-refractivity contribution in [2.75, 3.05) is 47.4 Å². The van der Waals surface area contributed by atoms with E-state index in [4.69, 9.17) is 27.9 Å². The maximum absolute atomic E-state index is 12.3. The molecule has 1 N–H and O–H groups in total. The summed E-state index contributed by atoms with van der Waals surface area (Å²) in [7, 11) is 6.24. The lowest BCUT2D eigenvalue weighted by atomic mass is 10.0. The summed E-state index contributed by atoms with van der Waals surface area (Å²) in [5.41, 5.74) is 2.62. The van der Waals surface area contributed by atoms with Gasteiger partial charge in [0.15, 0.2) is 0 Å². The van der Waals surface area contributed by atoms with E-state index in [-0.39, 0.29) is 11.9 Å². The van der Waals surface area contributed by atoms with E-state index in [1.807, 2.05) is 13.0 Å². The minimum atomic E-state index is -0.177. The Morgan fingerprint density at radius 2 is 1.76 bits per heavy atom. The Balaban J connectivity index is 2.46. The largest absolute Gasteiger partial charge is 0.494 e. The maximum atomic E-state index is 12.3. The van der Waals surface area contributed by atoms with Crippen molar-refractivity contribution in [1.29, 1.82) is 0 Å². The van der Waals surface area contributed by atoms with Crippen molar-refractivity contribution >= 4 is 29.1 Å². The van der Waals surface area contributed by atoms with Gasteiger partial charge in [0.05, 0.1) is 6.61 Å². The first kappa shape index (κ1) is 30.2. The van der Waals surface area contributed by atoms with Crippen molar-refractivity contribution in [3.63, 3.8) is 0 Å². The van der Waals surface area contributed by atoms with Crippen molar-refractivity contribution in [2.24, 2.45) is 0 Å². The first-order chi connectivity index (χ1) is 16.0. The average Bonchev–Trinajstić information content (AvgIpc) is 2.78. The molecule has 0 aliphatic heterocycles. The molecule has 0 saturated heterocycles. The summed E-state index contributed by atoms with van der Waals surface area (Å²) in [5, 5.41) is 3.82. The number of halogens is 2. The van der Waals surface area contributed by atoms with Gasteiger partial charge in [0.1, 0.15) is 5.76 Å². The number of amides is 1. The first-order valence-electron chi connectivity index (χ1n) is 11.8. The Kier molecular flexibility index (Phi) is 14.2. The number of benzene rings is 1. The fourth-order valence-electron chi connectivity index (χ4n) is 3.34. The molecule has 0 heterocycles. The first-order valence-corrected chi connectivity index (χ1v) is 12.6.